The molecule has 140 valence electrons. The maximum atomic E-state index is 12.6. The summed E-state index contributed by atoms with van der Waals surface area (Å²) in [6.45, 7) is 5.99. The first-order chi connectivity index (χ1) is 12.5. The van der Waals surface area contributed by atoms with Crippen LogP contribution < -0.4 is 5.32 Å². The Labute approximate surface area is 159 Å². The van der Waals surface area contributed by atoms with Crippen LogP contribution in [0.25, 0.3) is 5.69 Å². The highest BCUT2D eigenvalue weighted by Gasteiger charge is 2.22. The molecule has 1 aromatic carbocycles. The zero-order chi connectivity index (χ0) is 18.5. The lowest BCUT2D eigenvalue weighted by atomic mass is 10.1. The topological polar surface area (TPSA) is 72.7 Å². The Kier molecular flexibility index (Phi) is 6.29. The van der Waals surface area contributed by atoms with E-state index in [0.717, 1.165) is 29.7 Å². The molecule has 0 saturated heterocycles. The number of carbonyl (C=O) groups excluding carboxylic acids is 1. The quantitative estimate of drug-likeness (QED) is 0.640. The van der Waals surface area contributed by atoms with E-state index in [1.165, 1.54) is 37.4 Å². The lowest BCUT2D eigenvalue weighted by Crippen LogP contribution is -2.39. The molecular weight excluding hydrogens is 346 g/mol. The fourth-order valence-electron chi connectivity index (χ4n) is 3.31. The third-order valence-electron chi connectivity index (χ3n) is 4.89. The molecule has 2 aromatic rings. The zero-order valence-electron chi connectivity index (χ0n) is 15.7. The predicted molar refractivity (Wildman–Crippen MR) is 104 cm³/mol. The van der Waals surface area contributed by atoms with Crippen molar-refractivity contribution >= 4 is 17.7 Å². The van der Waals surface area contributed by atoms with Gasteiger partial charge in [-0.1, -0.05) is 49.6 Å². The molecule has 26 heavy (non-hydrogen) atoms. The highest BCUT2D eigenvalue weighted by atomic mass is 32.2. The number of tetrazole rings is 1. The molecule has 0 unspecified atom stereocenters. The van der Waals surface area contributed by atoms with E-state index in [9.17, 15) is 4.79 Å². The minimum Gasteiger partial charge on any atom is -0.352 e. The molecule has 1 aliphatic carbocycles. The number of thioether (sulfide) groups is 1. The summed E-state index contributed by atoms with van der Waals surface area (Å²) in [7, 11) is 0. The molecule has 6 nitrogen and oxygen atoms in total. The largest absolute Gasteiger partial charge is 0.352 e. The molecule has 7 heteroatoms. The third-order valence-corrected chi connectivity index (χ3v) is 5.92. The van der Waals surface area contributed by atoms with Crippen molar-refractivity contribution in [3.63, 3.8) is 0 Å². The van der Waals surface area contributed by atoms with Crippen LogP contribution in [0.4, 0.5) is 0 Å². The Balaban J connectivity index is 1.68. The van der Waals surface area contributed by atoms with Gasteiger partial charge in [-0.15, -0.1) is 5.10 Å². The van der Waals surface area contributed by atoms with E-state index in [-0.39, 0.29) is 11.2 Å². The van der Waals surface area contributed by atoms with Gasteiger partial charge in [-0.25, -0.2) is 0 Å². The first kappa shape index (κ1) is 18.9. The number of aromatic nitrogens is 4. The van der Waals surface area contributed by atoms with Crippen LogP contribution in [0.5, 0.6) is 0 Å². The van der Waals surface area contributed by atoms with Crippen LogP contribution in [0.3, 0.4) is 0 Å². The Hall–Kier alpha value is -1.89. The van der Waals surface area contributed by atoms with Crippen LogP contribution >= 0.6 is 11.8 Å². The van der Waals surface area contributed by atoms with Crippen LogP contribution in [-0.4, -0.2) is 37.4 Å². The second kappa shape index (κ2) is 8.66. The number of amides is 1. The van der Waals surface area contributed by atoms with Crippen LogP contribution in [-0.2, 0) is 4.79 Å². The first-order valence-electron chi connectivity index (χ1n) is 9.37. The van der Waals surface area contributed by atoms with E-state index in [4.69, 9.17) is 0 Å². The van der Waals surface area contributed by atoms with Crippen molar-refractivity contribution in [1.82, 2.24) is 25.5 Å². The van der Waals surface area contributed by atoms with Gasteiger partial charge in [-0.2, -0.15) is 4.68 Å². The molecule has 1 saturated carbocycles. The molecule has 3 rings (SSSR count). The second-order valence-corrected chi connectivity index (χ2v) is 8.43. The number of rotatable bonds is 5. The Morgan fingerprint density at radius 1 is 1.23 bits per heavy atom. The minimum absolute atomic E-state index is 0.0671. The number of hydrogen-bond acceptors (Lipinski definition) is 5. The van der Waals surface area contributed by atoms with E-state index in [2.05, 4.69) is 39.0 Å². The smallest absolute Gasteiger partial charge is 0.233 e. The Morgan fingerprint density at radius 3 is 2.69 bits per heavy atom. The number of nitrogens with one attached hydrogen (secondary N) is 1. The standard InChI is InChI=1S/C19H27N5OS/c1-13-10-11-14(2)17(12-13)24-19(21-22-23-24)26-15(3)18(25)20-16-8-6-4-5-7-9-16/h10-12,15-16H,4-9H2,1-3H3,(H,20,25)/t15-/m0/s1. The molecular formula is C19H27N5OS. The van der Waals surface area contributed by atoms with Gasteiger partial charge in [0.1, 0.15) is 0 Å². The number of aryl methyl sites for hydroxylation is 2. The second-order valence-electron chi connectivity index (χ2n) is 7.12. The molecule has 1 amide bonds. The number of carbonyl (C=O) groups is 1. The lowest BCUT2D eigenvalue weighted by molar-refractivity contribution is -0.121. The molecule has 0 radical (unpaired) electrons. The normalized spacial score (nSPS) is 16.9. The van der Waals surface area contributed by atoms with Gasteiger partial charge in [-0.05, 0) is 61.2 Å². The van der Waals surface area contributed by atoms with Gasteiger partial charge >= 0.3 is 0 Å². The van der Waals surface area contributed by atoms with Gasteiger partial charge < -0.3 is 5.32 Å². The maximum absolute atomic E-state index is 12.6. The molecule has 1 atom stereocenters. The average molecular weight is 374 g/mol. The van der Waals surface area contributed by atoms with Crippen molar-refractivity contribution in [2.45, 2.75) is 75.7 Å². The highest BCUT2D eigenvalue weighted by Crippen LogP contribution is 2.25. The molecule has 0 spiro atoms. The van der Waals surface area contributed by atoms with Crippen molar-refractivity contribution < 1.29 is 4.79 Å². The summed E-state index contributed by atoms with van der Waals surface area (Å²) in [6.07, 6.45) is 7.14. The molecule has 1 N–H and O–H groups in total. The summed E-state index contributed by atoms with van der Waals surface area (Å²) in [4.78, 5) is 12.6. The van der Waals surface area contributed by atoms with E-state index in [1.54, 1.807) is 4.68 Å². The van der Waals surface area contributed by atoms with Crippen molar-refractivity contribution in [2.75, 3.05) is 0 Å². The monoisotopic (exact) mass is 373 g/mol. The zero-order valence-corrected chi connectivity index (χ0v) is 16.6. The number of nitrogens with zero attached hydrogens (tertiary/aromatic N) is 4. The van der Waals surface area contributed by atoms with E-state index < -0.39 is 0 Å². The van der Waals surface area contributed by atoms with Crippen LogP contribution in [0, 0.1) is 13.8 Å². The molecule has 1 aromatic heterocycles. The molecule has 1 aliphatic rings. The number of benzene rings is 1. The fourth-order valence-corrected chi connectivity index (χ4v) is 4.11. The van der Waals surface area contributed by atoms with Gasteiger partial charge in [0.25, 0.3) is 0 Å². The SMILES string of the molecule is Cc1ccc(C)c(-n2nnnc2S[C@@H](C)C(=O)NC2CCCCCC2)c1. The van der Waals surface area contributed by atoms with E-state index >= 15 is 0 Å². The predicted octanol–water partition coefficient (Wildman–Crippen LogP) is 3.60. The van der Waals surface area contributed by atoms with Gasteiger partial charge in [0, 0.05) is 6.04 Å². The summed E-state index contributed by atoms with van der Waals surface area (Å²) in [5, 5.41) is 15.7. The molecule has 0 aliphatic heterocycles. The van der Waals surface area contributed by atoms with Crippen LogP contribution in [0.1, 0.15) is 56.6 Å². The average Bonchev–Trinajstić information content (AvgIpc) is 2.91. The van der Waals surface area contributed by atoms with Gasteiger partial charge in [0.2, 0.25) is 11.1 Å². The summed E-state index contributed by atoms with van der Waals surface area (Å²) >= 11 is 1.40. The Bertz CT molecular complexity index is 752. The van der Waals surface area contributed by atoms with Crippen molar-refractivity contribution in [1.29, 1.82) is 0 Å². The van der Waals surface area contributed by atoms with Crippen LogP contribution in [0.15, 0.2) is 23.4 Å². The maximum Gasteiger partial charge on any atom is 0.233 e. The Morgan fingerprint density at radius 2 is 1.96 bits per heavy atom. The molecule has 0 bridgehead atoms. The third kappa shape index (κ3) is 4.63. The van der Waals surface area contributed by atoms with Gasteiger partial charge in [0.05, 0.1) is 10.9 Å². The summed E-state index contributed by atoms with van der Waals surface area (Å²) in [5.41, 5.74) is 3.20. The summed E-state index contributed by atoms with van der Waals surface area (Å²) < 4.78 is 1.72. The van der Waals surface area contributed by atoms with Crippen molar-refractivity contribution in [3.05, 3.63) is 29.3 Å². The van der Waals surface area contributed by atoms with Gasteiger partial charge in [-0.3, -0.25) is 4.79 Å². The first-order valence-corrected chi connectivity index (χ1v) is 10.3. The van der Waals surface area contributed by atoms with Crippen molar-refractivity contribution in [2.24, 2.45) is 0 Å². The fraction of sp³-hybridized carbons (Fsp3) is 0.579. The highest BCUT2D eigenvalue weighted by molar-refractivity contribution is 8.00. The summed E-state index contributed by atoms with van der Waals surface area (Å²) in [6, 6.07) is 6.50. The van der Waals surface area contributed by atoms with E-state index in [1.807, 2.05) is 20.8 Å². The molecule has 1 fully saturated rings. The molecule has 1 heterocycles. The lowest BCUT2D eigenvalue weighted by Gasteiger charge is -2.19. The minimum atomic E-state index is -0.242. The van der Waals surface area contributed by atoms with Crippen LogP contribution in [0.2, 0.25) is 0 Å². The van der Waals surface area contributed by atoms with E-state index in [0.29, 0.717) is 11.2 Å². The van der Waals surface area contributed by atoms with Gasteiger partial charge in [0.15, 0.2) is 0 Å². The van der Waals surface area contributed by atoms with Crippen molar-refractivity contribution in [3.8, 4) is 5.69 Å². The number of hydrogen-bond donors (Lipinski definition) is 1. The summed E-state index contributed by atoms with van der Waals surface area (Å²) in [5.74, 6) is 0.0671.